The third-order valence-corrected chi connectivity index (χ3v) is 5.65. The van der Waals surface area contributed by atoms with Gasteiger partial charge in [-0.3, -0.25) is 4.79 Å². The van der Waals surface area contributed by atoms with Gasteiger partial charge in [0.15, 0.2) is 5.78 Å². The highest BCUT2D eigenvalue weighted by molar-refractivity contribution is 6.00. The number of carbonyl (C=O) groups excluding carboxylic acids is 1. The largest absolute Gasteiger partial charge is 0.378 e. The number of rotatable bonds is 7. The van der Waals surface area contributed by atoms with Crippen molar-refractivity contribution in [1.29, 1.82) is 0 Å². The minimum absolute atomic E-state index is 0.0679. The number of fused-ring (bicyclic) bond motifs is 1. The lowest BCUT2D eigenvalue weighted by atomic mass is 9.94. The Kier molecular flexibility index (Phi) is 6.13. The van der Waals surface area contributed by atoms with E-state index in [-0.39, 0.29) is 17.6 Å². The lowest BCUT2D eigenvalue weighted by molar-refractivity contribution is 0.0976. The van der Waals surface area contributed by atoms with Crippen molar-refractivity contribution >= 4 is 22.2 Å². The van der Waals surface area contributed by atoms with Crippen LogP contribution in [0.4, 0.5) is 10.1 Å². The molecule has 0 heterocycles. The van der Waals surface area contributed by atoms with Crippen LogP contribution in [0.2, 0.25) is 0 Å². The summed E-state index contributed by atoms with van der Waals surface area (Å²) in [7, 11) is 0. The molecule has 1 unspecified atom stereocenters. The van der Waals surface area contributed by atoms with Crippen molar-refractivity contribution in [3.8, 4) is 0 Å². The highest BCUT2D eigenvalue weighted by atomic mass is 19.1. The van der Waals surface area contributed by atoms with Crippen LogP contribution in [0.25, 0.3) is 10.8 Å². The minimum atomic E-state index is -0.282. The second-order valence-corrected chi connectivity index (χ2v) is 8.21. The van der Waals surface area contributed by atoms with Crippen LogP contribution in [0.5, 0.6) is 0 Å². The molecule has 2 nitrogen and oxygen atoms in total. The molecule has 0 aromatic heterocycles. The maximum atomic E-state index is 13.3. The summed E-state index contributed by atoms with van der Waals surface area (Å²) in [5, 5.41) is 5.59. The van der Waals surface area contributed by atoms with E-state index in [0.29, 0.717) is 17.9 Å². The Bertz CT molecular complexity index is 1180. The van der Waals surface area contributed by atoms with Crippen LogP contribution in [0.15, 0.2) is 91.0 Å². The molecular weight excluding hydrogens is 385 g/mol. The molecule has 4 rings (SSSR count). The fourth-order valence-electron chi connectivity index (χ4n) is 3.78. The average Bonchev–Trinajstić information content (AvgIpc) is 2.79. The highest BCUT2D eigenvalue weighted by Crippen LogP contribution is 2.27. The number of halogens is 1. The lowest BCUT2D eigenvalue weighted by Crippen LogP contribution is -2.16. The van der Waals surface area contributed by atoms with E-state index in [1.54, 1.807) is 12.1 Å². The molecule has 0 bridgehead atoms. The van der Waals surface area contributed by atoms with Crippen LogP contribution < -0.4 is 5.32 Å². The molecule has 31 heavy (non-hydrogen) atoms. The monoisotopic (exact) mass is 411 g/mol. The van der Waals surface area contributed by atoms with E-state index in [4.69, 9.17) is 0 Å². The molecule has 156 valence electrons. The zero-order valence-corrected chi connectivity index (χ0v) is 17.8. The third kappa shape index (κ3) is 5.00. The van der Waals surface area contributed by atoms with Crippen molar-refractivity contribution in [1.82, 2.24) is 0 Å². The molecule has 0 radical (unpaired) electrons. The smallest absolute Gasteiger partial charge is 0.165 e. The Morgan fingerprint density at radius 2 is 1.45 bits per heavy atom. The average molecular weight is 412 g/mol. The summed E-state index contributed by atoms with van der Waals surface area (Å²) in [6, 6.07) is 28.3. The van der Waals surface area contributed by atoms with Crippen LogP contribution in [0.1, 0.15) is 53.7 Å². The van der Waals surface area contributed by atoms with Crippen LogP contribution in [-0.2, 0) is 0 Å². The molecule has 0 saturated heterocycles. The second-order valence-electron chi connectivity index (χ2n) is 8.21. The summed E-state index contributed by atoms with van der Waals surface area (Å²) < 4.78 is 13.3. The fourth-order valence-corrected chi connectivity index (χ4v) is 3.78. The molecule has 3 heteroatoms. The summed E-state index contributed by atoms with van der Waals surface area (Å²) in [6.45, 7) is 4.32. The van der Waals surface area contributed by atoms with E-state index >= 15 is 0 Å². The summed E-state index contributed by atoms with van der Waals surface area (Å²) in [5.41, 5.74) is 3.77. The van der Waals surface area contributed by atoms with Gasteiger partial charge in [0.1, 0.15) is 5.82 Å². The van der Waals surface area contributed by atoms with Gasteiger partial charge < -0.3 is 5.32 Å². The summed E-state index contributed by atoms with van der Waals surface area (Å²) >= 11 is 0. The van der Waals surface area contributed by atoms with Crippen LogP contribution in [-0.4, -0.2) is 5.78 Å². The molecule has 0 saturated carbocycles. The van der Waals surface area contributed by atoms with E-state index < -0.39 is 0 Å². The topological polar surface area (TPSA) is 29.1 Å². The van der Waals surface area contributed by atoms with Gasteiger partial charge in [-0.05, 0) is 58.1 Å². The maximum absolute atomic E-state index is 13.3. The first-order valence-electron chi connectivity index (χ1n) is 10.6. The normalized spacial score (nSPS) is 12.1. The first-order valence-corrected chi connectivity index (χ1v) is 10.6. The van der Waals surface area contributed by atoms with Crippen molar-refractivity contribution in [2.24, 2.45) is 0 Å². The van der Waals surface area contributed by atoms with Crippen molar-refractivity contribution in [3.05, 3.63) is 114 Å². The maximum Gasteiger partial charge on any atom is 0.165 e. The Morgan fingerprint density at radius 1 is 0.806 bits per heavy atom. The molecule has 4 aromatic carbocycles. The predicted molar refractivity (Wildman–Crippen MR) is 126 cm³/mol. The van der Waals surface area contributed by atoms with E-state index in [2.05, 4.69) is 43.4 Å². The quantitative estimate of drug-likeness (QED) is 0.318. The molecule has 1 N–H and O–H groups in total. The molecule has 4 aromatic rings. The van der Waals surface area contributed by atoms with E-state index in [0.717, 1.165) is 22.0 Å². The SMILES string of the molecule is CC(C)c1ccc(C(CC(=O)c2ccc3ccccc3c2)Nc2ccc(F)cc2)cc1. The van der Waals surface area contributed by atoms with E-state index in [1.165, 1.54) is 17.7 Å². The number of ketones is 1. The summed E-state index contributed by atoms with van der Waals surface area (Å²) in [4.78, 5) is 13.2. The molecule has 0 aliphatic rings. The first-order chi connectivity index (χ1) is 15.0. The predicted octanol–water partition coefficient (Wildman–Crippen LogP) is 7.53. The lowest BCUT2D eigenvalue weighted by Gasteiger charge is -2.21. The number of hydrogen-bond donors (Lipinski definition) is 1. The van der Waals surface area contributed by atoms with Crippen molar-refractivity contribution in [2.45, 2.75) is 32.2 Å². The van der Waals surface area contributed by atoms with Gasteiger partial charge in [-0.25, -0.2) is 4.39 Å². The molecule has 0 spiro atoms. The van der Waals surface area contributed by atoms with E-state index in [1.807, 2.05) is 42.5 Å². The molecule has 0 fully saturated rings. The molecule has 0 amide bonds. The standard InChI is InChI=1S/C28H26FNO/c1-19(2)20-7-10-22(11-8-20)27(30-26-15-13-25(29)14-16-26)18-28(31)24-12-9-21-5-3-4-6-23(21)17-24/h3-17,19,27,30H,18H2,1-2H3. The van der Waals surface area contributed by atoms with Gasteiger partial charge >= 0.3 is 0 Å². The Balaban J connectivity index is 1.61. The van der Waals surface area contributed by atoms with Crippen LogP contribution >= 0.6 is 0 Å². The van der Waals surface area contributed by atoms with Crippen molar-refractivity contribution in [3.63, 3.8) is 0 Å². The molecule has 1 atom stereocenters. The summed E-state index contributed by atoms with van der Waals surface area (Å²) in [5.74, 6) is 0.228. The van der Waals surface area contributed by atoms with Crippen molar-refractivity contribution < 1.29 is 9.18 Å². The number of benzene rings is 4. The zero-order valence-electron chi connectivity index (χ0n) is 17.8. The van der Waals surface area contributed by atoms with Gasteiger partial charge in [-0.15, -0.1) is 0 Å². The van der Waals surface area contributed by atoms with Gasteiger partial charge in [-0.2, -0.15) is 0 Å². The third-order valence-electron chi connectivity index (χ3n) is 5.65. The highest BCUT2D eigenvalue weighted by Gasteiger charge is 2.18. The van der Waals surface area contributed by atoms with Crippen LogP contribution in [0.3, 0.4) is 0 Å². The van der Waals surface area contributed by atoms with Gasteiger partial charge in [0.05, 0.1) is 6.04 Å². The fraction of sp³-hybridized carbons (Fsp3) is 0.179. The van der Waals surface area contributed by atoms with Gasteiger partial charge in [0.25, 0.3) is 0 Å². The Hall–Kier alpha value is -3.46. The second kappa shape index (κ2) is 9.13. The number of anilines is 1. The van der Waals surface area contributed by atoms with E-state index in [9.17, 15) is 9.18 Å². The number of hydrogen-bond acceptors (Lipinski definition) is 2. The molecular formula is C28H26FNO. The molecule has 0 aliphatic heterocycles. The number of Topliss-reactive ketones (excluding diaryl/α,β-unsaturated/α-hetero) is 1. The Morgan fingerprint density at radius 3 is 2.13 bits per heavy atom. The zero-order chi connectivity index (χ0) is 21.8. The summed E-state index contributed by atoms with van der Waals surface area (Å²) in [6.07, 6.45) is 0.302. The van der Waals surface area contributed by atoms with Crippen LogP contribution in [0, 0.1) is 5.82 Å². The van der Waals surface area contributed by atoms with Gasteiger partial charge in [0, 0.05) is 17.7 Å². The minimum Gasteiger partial charge on any atom is -0.378 e. The van der Waals surface area contributed by atoms with Gasteiger partial charge in [0.2, 0.25) is 0 Å². The Labute approximate surface area is 182 Å². The van der Waals surface area contributed by atoms with Crippen molar-refractivity contribution in [2.75, 3.05) is 5.32 Å². The number of nitrogens with one attached hydrogen (secondary N) is 1. The first kappa shape index (κ1) is 20.8. The van der Waals surface area contributed by atoms with Gasteiger partial charge in [-0.1, -0.05) is 74.5 Å². The number of carbonyl (C=O) groups is 1. The molecule has 0 aliphatic carbocycles.